The number of aromatic nitrogens is 3. The van der Waals surface area contributed by atoms with E-state index >= 15 is 0 Å². The average Bonchev–Trinajstić information content (AvgIpc) is 2.67. The Labute approximate surface area is 159 Å². The molecule has 2 aromatic heterocycles. The molecule has 0 atom stereocenters. The van der Waals surface area contributed by atoms with Gasteiger partial charge in [0.15, 0.2) is 0 Å². The second kappa shape index (κ2) is 7.95. The Morgan fingerprint density at radius 1 is 1.04 bits per heavy atom. The monoisotopic (exact) mass is 361 g/mol. The van der Waals surface area contributed by atoms with Gasteiger partial charge in [0, 0.05) is 30.8 Å². The van der Waals surface area contributed by atoms with Crippen LogP contribution in [0.1, 0.15) is 42.4 Å². The fourth-order valence-electron chi connectivity index (χ4n) is 2.50. The molecule has 0 aliphatic rings. The van der Waals surface area contributed by atoms with E-state index in [2.05, 4.69) is 58.5 Å². The summed E-state index contributed by atoms with van der Waals surface area (Å²) < 4.78 is 0. The van der Waals surface area contributed by atoms with Crippen LogP contribution in [0, 0.1) is 0 Å². The van der Waals surface area contributed by atoms with E-state index in [1.54, 1.807) is 24.7 Å². The van der Waals surface area contributed by atoms with Gasteiger partial charge in [-0.2, -0.15) is 0 Å². The molecule has 27 heavy (non-hydrogen) atoms. The smallest absolute Gasteiger partial charge is 0.270 e. The van der Waals surface area contributed by atoms with Gasteiger partial charge in [0.1, 0.15) is 5.69 Å². The maximum absolute atomic E-state index is 12.3. The van der Waals surface area contributed by atoms with Crippen LogP contribution in [0.2, 0.25) is 0 Å². The predicted molar refractivity (Wildman–Crippen MR) is 106 cm³/mol. The number of pyridine rings is 1. The second-order valence-corrected chi connectivity index (χ2v) is 7.26. The van der Waals surface area contributed by atoms with E-state index in [-0.39, 0.29) is 11.3 Å². The summed E-state index contributed by atoms with van der Waals surface area (Å²) in [6.45, 7) is 6.91. The van der Waals surface area contributed by atoms with Crippen molar-refractivity contribution >= 4 is 17.5 Å². The summed E-state index contributed by atoms with van der Waals surface area (Å²) in [6, 6.07) is 13.4. The van der Waals surface area contributed by atoms with Crippen molar-refractivity contribution in [3.05, 3.63) is 77.9 Å². The number of anilines is 2. The lowest BCUT2D eigenvalue weighted by Gasteiger charge is -2.19. The quantitative estimate of drug-likeness (QED) is 0.722. The summed E-state index contributed by atoms with van der Waals surface area (Å²) in [5, 5.41) is 5.97. The maximum atomic E-state index is 12.3. The fourth-order valence-corrected chi connectivity index (χ4v) is 2.50. The van der Waals surface area contributed by atoms with E-state index in [9.17, 15) is 4.79 Å². The van der Waals surface area contributed by atoms with Crippen LogP contribution in [0.5, 0.6) is 0 Å². The number of benzene rings is 1. The number of nitrogens with one attached hydrogen (secondary N) is 2. The van der Waals surface area contributed by atoms with Crippen LogP contribution in [0.3, 0.4) is 0 Å². The molecule has 3 aromatic rings. The minimum absolute atomic E-state index is 0.0985. The van der Waals surface area contributed by atoms with E-state index in [0.717, 1.165) is 11.3 Å². The van der Waals surface area contributed by atoms with Crippen LogP contribution in [0.4, 0.5) is 11.6 Å². The van der Waals surface area contributed by atoms with Crippen LogP contribution in [-0.2, 0) is 12.0 Å². The molecular formula is C21H23N5O. The molecule has 0 spiro atoms. The summed E-state index contributed by atoms with van der Waals surface area (Å²) in [6.07, 6.45) is 4.98. The lowest BCUT2D eigenvalue weighted by molar-refractivity contribution is 0.0946. The van der Waals surface area contributed by atoms with Gasteiger partial charge in [-0.1, -0.05) is 39.0 Å². The fraction of sp³-hybridized carbons (Fsp3) is 0.238. The van der Waals surface area contributed by atoms with Crippen molar-refractivity contribution in [1.82, 2.24) is 20.3 Å². The Balaban J connectivity index is 1.65. The molecular weight excluding hydrogens is 338 g/mol. The standard InChI is InChI=1S/C21H23N5O/c1-21(2,3)16-6-8-17(9-7-16)25-20-23-12-10-18(26-20)19(27)24-14-15-5-4-11-22-13-15/h4-13H,14H2,1-3H3,(H,24,27)(H,23,25,26). The Morgan fingerprint density at radius 3 is 2.48 bits per heavy atom. The van der Waals surface area contributed by atoms with Crippen molar-refractivity contribution in [1.29, 1.82) is 0 Å². The summed E-state index contributed by atoms with van der Waals surface area (Å²) in [7, 11) is 0. The zero-order chi connectivity index (χ0) is 19.3. The summed E-state index contributed by atoms with van der Waals surface area (Å²) in [5.74, 6) is 0.125. The van der Waals surface area contributed by atoms with Gasteiger partial charge in [0.25, 0.3) is 5.91 Å². The van der Waals surface area contributed by atoms with Crippen LogP contribution in [0.25, 0.3) is 0 Å². The first-order valence-electron chi connectivity index (χ1n) is 8.79. The molecule has 6 nitrogen and oxygen atoms in total. The molecule has 2 N–H and O–H groups in total. The van der Waals surface area contributed by atoms with E-state index in [1.165, 1.54) is 5.56 Å². The minimum atomic E-state index is -0.257. The minimum Gasteiger partial charge on any atom is -0.347 e. The van der Waals surface area contributed by atoms with E-state index in [1.807, 2.05) is 24.3 Å². The molecule has 138 valence electrons. The highest BCUT2D eigenvalue weighted by atomic mass is 16.1. The van der Waals surface area contributed by atoms with Gasteiger partial charge in [-0.15, -0.1) is 0 Å². The third-order valence-corrected chi connectivity index (χ3v) is 4.07. The lowest BCUT2D eigenvalue weighted by atomic mass is 9.87. The largest absolute Gasteiger partial charge is 0.347 e. The number of carbonyl (C=O) groups is 1. The molecule has 0 bridgehead atoms. The van der Waals surface area contributed by atoms with Crippen molar-refractivity contribution in [2.24, 2.45) is 0 Å². The number of nitrogens with zero attached hydrogens (tertiary/aromatic N) is 3. The molecule has 0 aliphatic carbocycles. The van der Waals surface area contributed by atoms with Crippen molar-refractivity contribution in [2.75, 3.05) is 5.32 Å². The Morgan fingerprint density at radius 2 is 1.81 bits per heavy atom. The zero-order valence-electron chi connectivity index (χ0n) is 15.7. The van der Waals surface area contributed by atoms with Gasteiger partial charge in [0.05, 0.1) is 0 Å². The third kappa shape index (κ3) is 5.10. The van der Waals surface area contributed by atoms with Gasteiger partial charge in [-0.05, 0) is 40.8 Å². The highest BCUT2D eigenvalue weighted by Gasteiger charge is 2.13. The first kappa shape index (κ1) is 18.5. The molecule has 6 heteroatoms. The topological polar surface area (TPSA) is 79.8 Å². The molecule has 0 fully saturated rings. The summed E-state index contributed by atoms with van der Waals surface area (Å²) in [5.41, 5.74) is 3.45. The number of hydrogen-bond donors (Lipinski definition) is 2. The van der Waals surface area contributed by atoms with Crippen LogP contribution in [-0.4, -0.2) is 20.9 Å². The maximum Gasteiger partial charge on any atom is 0.270 e. The van der Waals surface area contributed by atoms with Crippen LogP contribution in [0.15, 0.2) is 61.1 Å². The highest BCUT2D eigenvalue weighted by Crippen LogP contribution is 2.24. The number of amides is 1. The zero-order valence-corrected chi connectivity index (χ0v) is 15.7. The number of rotatable bonds is 5. The van der Waals surface area contributed by atoms with Crippen molar-refractivity contribution in [2.45, 2.75) is 32.7 Å². The summed E-state index contributed by atoms with van der Waals surface area (Å²) in [4.78, 5) is 24.9. The Kier molecular flexibility index (Phi) is 5.45. The van der Waals surface area contributed by atoms with E-state index < -0.39 is 0 Å². The van der Waals surface area contributed by atoms with Gasteiger partial charge in [0.2, 0.25) is 5.95 Å². The first-order chi connectivity index (χ1) is 12.9. The number of carbonyl (C=O) groups excluding carboxylic acids is 1. The Hall–Kier alpha value is -3.28. The predicted octanol–water partition coefficient (Wildman–Crippen LogP) is 3.84. The van der Waals surface area contributed by atoms with E-state index in [4.69, 9.17) is 0 Å². The molecule has 0 radical (unpaired) electrons. The third-order valence-electron chi connectivity index (χ3n) is 4.07. The highest BCUT2D eigenvalue weighted by molar-refractivity contribution is 5.92. The first-order valence-corrected chi connectivity index (χ1v) is 8.79. The molecule has 0 saturated heterocycles. The van der Waals surface area contributed by atoms with Crippen LogP contribution < -0.4 is 10.6 Å². The van der Waals surface area contributed by atoms with Gasteiger partial charge in [-0.3, -0.25) is 9.78 Å². The molecule has 3 rings (SSSR count). The molecule has 0 unspecified atom stereocenters. The number of hydrogen-bond acceptors (Lipinski definition) is 5. The van der Waals surface area contributed by atoms with Crippen molar-refractivity contribution < 1.29 is 4.79 Å². The van der Waals surface area contributed by atoms with Crippen LogP contribution >= 0.6 is 0 Å². The molecule has 0 aliphatic heterocycles. The van der Waals surface area contributed by atoms with Gasteiger partial charge >= 0.3 is 0 Å². The van der Waals surface area contributed by atoms with Gasteiger partial charge in [-0.25, -0.2) is 9.97 Å². The van der Waals surface area contributed by atoms with Crippen molar-refractivity contribution in [3.8, 4) is 0 Å². The lowest BCUT2D eigenvalue weighted by Crippen LogP contribution is -2.24. The normalized spacial score (nSPS) is 11.1. The average molecular weight is 361 g/mol. The molecule has 1 amide bonds. The van der Waals surface area contributed by atoms with Gasteiger partial charge < -0.3 is 10.6 Å². The van der Waals surface area contributed by atoms with E-state index in [0.29, 0.717) is 18.2 Å². The van der Waals surface area contributed by atoms with Crippen molar-refractivity contribution in [3.63, 3.8) is 0 Å². The molecule has 0 saturated carbocycles. The summed E-state index contributed by atoms with van der Waals surface area (Å²) >= 11 is 0. The molecule has 1 aromatic carbocycles. The molecule has 2 heterocycles. The SMILES string of the molecule is CC(C)(C)c1ccc(Nc2nccc(C(=O)NCc3cccnc3)n2)cc1. The second-order valence-electron chi connectivity index (χ2n) is 7.26. The Bertz CT molecular complexity index is 902.